The van der Waals surface area contributed by atoms with Crippen molar-refractivity contribution in [2.75, 3.05) is 13.1 Å². The van der Waals surface area contributed by atoms with Gasteiger partial charge in [0.05, 0.1) is 17.3 Å². The van der Waals surface area contributed by atoms with Crippen LogP contribution < -0.4 is 5.73 Å². The molecule has 0 saturated heterocycles. The number of carbonyl (C=O) groups excluding carboxylic acids is 1. The van der Waals surface area contributed by atoms with Gasteiger partial charge >= 0.3 is 6.18 Å². The third kappa shape index (κ3) is 7.01. The van der Waals surface area contributed by atoms with E-state index in [1.165, 1.54) is 12.1 Å². The summed E-state index contributed by atoms with van der Waals surface area (Å²) in [7, 11) is 0. The van der Waals surface area contributed by atoms with Crippen molar-refractivity contribution in [3.63, 3.8) is 0 Å². The van der Waals surface area contributed by atoms with E-state index in [9.17, 15) is 18.0 Å². The van der Waals surface area contributed by atoms with Gasteiger partial charge in [-0.1, -0.05) is 72.2 Å². The molecule has 0 aliphatic carbocycles. The fourth-order valence-electron chi connectivity index (χ4n) is 4.75. The Bertz CT molecular complexity index is 1420. The molecule has 0 bridgehead atoms. The molecule has 1 amide bonds. The Morgan fingerprint density at radius 3 is 2.33 bits per heavy atom. The third-order valence-corrected chi connectivity index (χ3v) is 7.17. The highest BCUT2D eigenvalue weighted by Crippen LogP contribution is 2.34. The predicted molar refractivity (Wildman–Crippen MR) is 155 cm³/mol. The molecule has 0 spiro atoms. The Morgan fingerprint density at radius 2 is 1.73 bits per heavy atom. The smallest absolute Gasteiger partial charge is 0.330 e. The molecule has 3 aromatic carbocycles. The van der Waals surface area contributed by atoms with Gasteiger partial charge in [0.15, 0.2) is 0 Å². The summed E-state index contributed by atoms with van der Waals surface area (Å²) in [6, 6.07) is 21.7. The number of rotatable bonds is 10. The van der Waals surface area contributed by atoms with Gasteiger partial charge in [0.25, 0.3) is 5.91 Å². The van der Waals surface area contributed by atoms with Crippen molar-refractivity contribution >= 4 is 21.8 Å². The maximum absolute atomic E-state index is 13.9. The van der Waals surface area contributed by atoms with Gasteiger partial charge in [0.1, 0.15) is 5.82 Å². The molecule has 2 N–H and O–H groups in total. The average molecular weight is 614 g/mol. The Labute approximate surface area is 241 Å². The molecule has 210 valence electrons. The molecule has 0 radical (unpaired) electrons. The zero-order valence-corrected chi connectivity index (χ0v) is 24.0. The number of nitrogens with two attached hydrogens (primary N) is 1. The Morgan fingerprint density at radius 1 is 1.02 bits per heavy atom. The van der Waals surface area contributed by atoms with Crippen molar-refractivity contribution in [3.05, 3.63) is 112 Å². The monoisotopic (exact) mass is 612 g/mol. The SMILES string of the molecule is CC(C)[C@H](c1nc(-c2cccc(Br)c2)cn1Cc1ccccc1)N(CCCN)C(=O)c1ccc(C(F)(F)F)cc1. The summed E-state index contributed by atoms with van der Waals surface area (Å²) in [5.41, 5.74) is 7.99. The van der Waals surface area contributed by atoms with Crippen LogP contribution in [0.15, 0.2) is 89.5 Å². The van der Waals surface area contributed by atoms with Crippen LogP contribution in [0.2, 0.25) is 0 Å². The summed E-state index contributed by atoms with van der Waals surface area (Å²) < 4.78 is 42.5. The van der Waals surface area contributed by atoms with Crippen LogP contribution in [-0.4, -0.2) is 33.4 Å². The number of alkyl halides is 3. The lowest BCUT2D eigenvalue weighted by atomic mass is 9.99. The largest absolute Gasteiger partial charge is 0.416 e. The summed E-state index contributed by atoms with van der Waals surface area (Å²) in [6.07, 6.45) is -1.96. The average Bonchev–Trinajstić information content (AvgIpc) is 3.33. The minimum absolute atomic E-state index is 0.0524. The number of hydrogen-bond acceptors (Lipinski definition) is 3. The van der Waals surface area contributed by atoms with Crippen LogP contribution in [0.1, 0.15) is 53.6 Å². The molecule has 5 nitrogen and oxygen atoms in total. The highest BCUT2D eigenvalue weighted by Gasteiger charge is 2.34. The molecule has 4 rings (SSSR count). The zero-order valence-electron chi connectivity index (χ0n) is 22.4. The topological polar surface area (TPSA) is 64.2 Å². The molecule has 1 heterocycles. The van der Waals surface area contributed by atoms with Crippen molar-refractivity contribution in [1.82, 2.24) is 14.5 Å². The Hall–Kier alpha value is -3.43. The summed E-state index contributed by atoms with van der Waals surface area (Å²) >= 11 is 3.53. The minimum Gasteiger partial charge on any atom is -0.330 e. The normalized spacial score (nSPS) is 12.5. The van der Waals surface area contributed by atoms with Gasteiger partial charge in [-0.15, -0.1) is 0 Å². The summed E-state index contributed by atoms with van der Waals surface area (Å²) in [5, 5.41) is 0. The quantitative estimate of drug-likeness (QED) is 0.201. The van der Waals surface area contributed by atoms with E-state index in [0.717, 1.165) is 33.4 Å². The molecule has 1 atom stereocenters. The van der Waals surface area contributed by atoms with Crippen molar-refractivity contribution in [2.45, 2.75) is 39.0 Å². The van der Waals surface area contributed by atoms with Crippen LogP contribution in [0.25, 0.3) is 11.3 Å². The first kappa shape index (κ1) is 29.6. The van der Waals surface area contributed by atoms with Crippen molar-refractivity contribution < 1.29 is 18.0 Å². The van der Waals surface area contributed by atoms with Crippen LogP contribution in [0.5, 0.6) is 0 Å². The first-order valence-corrected chi connectivity index (χ1v) is 13.9. The zero-order chi connectivity index (χ0) is 28.9. The maximum atomic E-state index is 13.9. The van der Waals surface area contributed by atoms with Gasteiger partial charge < -0.3 is 15.2 Å². The Balaban J connectivity index is 1.80. The van der Waals surface area contributed by atoms with Crippen LogP contribution >= 0.6 is 15.9 Å². The maximum Gasteiger partial charge on any atom is 0.416 e. The number of imidazole rings is 1. The highest BCUT2D eigenvalue weighted by atomic mass is 79.9. The lowest BCUT2D eigenvalue weighted by Gasteiger charge is -2.34. The standard InChI is InChI=1S/C31H32BrF3N4O/c1-21(2)28(39(17-7-16-36)30(40)23-12-14-25(15-13-23)31(33,34)35)29-37-27(24-10-6-11-26(32)18-24)20-38(29)19-22-8-4-3-5-9-22/h3-6,8-15,18,20-21,28H,7,16-17,19,36H2,1-2H3/t28-/m1/s1. The third-order valence-electron chi connectivity index (χ3n) is 6.68. The highest BCUT2D eigenvalue weighted by molar-refractivity contribution is 9.10. The number of benzene rings is 3. The van der Waals surface area contributed by atoms with Gasteiger partial charge in [-0.2, -0.15) is 13.2 Å². The van der Waals surface area contributed by atoms with Crippen LogP contribution in [0, 0.1) is 5.92 Å². The fourth-order valence-corrected chi connectivity index (χ4v) is 5.15. The van der Waals surface area contributed by atoms with Crippen molar-refractivity contribution in [1.29, 1.82) is 0 Å². The lowest BCUT2D eigenvalue weighted by Crippen LogP contribution is -2.40. The first-order chi connectivity index (χ1) is 19.1. The van der Waals surface area contributed by atoms with E-state index in [1.54, 1.807) is 4.90 Å². The number of halogens is 4. The van der Waals surface area contributed by atoms with E-state index < -0.39 is 17.8 Å². The van der Waals surface area contributed by atoms with Gasteiger partial charge in [-0.25, -0.2) is 4.98 Å². The molecule has 0 fully saturated rings. The number of hydrogen-bond donors (Lipinski definition) is 1. The molecular weight excluding hydrogens is 581 g/mol. The lowest BCUT2D eigenvalue weighted by molar-refractivity contribution is -0.137. The second-order valence-corrected chi connectivity index (χ2v) is 10.9. The van der Waals surface area contributed by atoms with Crippen molar-refractivity contribution in [3.8, 4) is 11.3 Å². The van der Waals surface area contributed by atoms with Crippen LogP contribution in [-0.2, 0) is 12.7 Å². The van der Waals surface area contributed by atoms with E-state index in [-0.39, 0.29) is 17.4 Å². The molecule has 0 saturated carbocycles. The molecule has 4 aromatic rings. The summed E-state index contributed by atoms with van der Waals surface area (Å²) in [5.74, 6) is 0.286. The second kappa shape index (κ2) is 12.8. The first-order valence-electron chi connectivity index (χ1n) is 13.1. The van der Waals surface area contributed by atoms with Crippen molar-refractivity contribution in [2.24, 2.45) is 11.7 Å². The number of nitrogens with zero attached hydrogens (tertiary/aromatic N) is 3. The summed E-state index contributed by atoms with van der Waals surface area (Å²) in [4.78, 5) is 20.6. The van der Waals surface area contributed by atoms with Gasteiger partial charge in [-0.3, -0.25) is 4.79 Å². The molecule has 0 unspecified atom stereocenters. The van der Waals surface area contributed by atoms with Crippen LogP contribution in [0.4, 0.5) is 13.2 Å². The number of carbonyl (C=O) groups is 1. The Kier molecular flexibility index (Phi) is 9.48. The molecule has 0 aliphatic heterocycles. The predicted octanol–water partition coefficient (Wildman–Crippen LogP) is 7.57. The van der Waals surface area contributed by atoms with E-state index >= 15 is 0 Å². The van der Waals surface area contributed by atoms with Gasteiger partial charge in [0, 0.05) is 34.9 Å². The summed E-state index contributed by atoms with van der Waals surface area (Å²) in [6.45, 7) is 5.27. The number of aromatic nitrogens is 2. The van der Waals surface area contributed by atoms with E-state index in [4.69, 9.17) is 10.7 Å². The van der Waals surface area contributed by atoms with E-state index in [2.05, 4.69) is 20.5 Å². The van der Waals surface area contributed by atoms with E-state index in [0.29, 0.717) is 31.9 Å². The van der Waals surface area contributed by atoms with Crippen LogP contribution in [0.3, 0.4) is 0 Å². The number of amides is 1. The fraction of sp³-hybridized carbons (Fsp3) is 0.290. The molecule has 0 aliphatic rings. The minimum atomic E-state index is -4.48. The van der Waals surface area contributed by atoms with Gasteiger partial charge in [0.2, 0.25) is 0 Å². The molecule has 9 heteroatoms. The second-order valence-electron chi connectivity index (χ2n) is 10.0. The molecule has 1 aromatic heterocycles. The molecule has 40 heavy (non-hydrogen) atoms. The van der Waals surface area contributed by atoms with Gasteiger partial charge in [-0.05, 0) is 60.8 Å². The van der Waals surface area contributed by atoms with E-state index in [1.807, 2.05) is 74.6 Å². The molecular formula is C31H32BrF3N4O.